The van der Waals surface area contributed by atoms with E-state index in [4.69, 9.17) is 23.2 Å². The van der Waals surface area contributed by atoms with Gasteiger partial charge < -0.3 is 10.0 Å². The number of hydrogen-bond acceptors (Lipinski definition) is 5. The zero-order chi connectivity index (χ0) is 26.6. The maximum Gasteiger partial charge on any atom is 0.265 e. The summed E-state index contributed by atoms with van der Waals surface area (Å²) in [6, 6.07) is 19.3. The van der Waals surface area contributed by atoms with Gasteiger partial charge in [-0.1, -0.05) is 85.1 Å². The van der Waals surface area contributed by atoms with Crippen molar-refractivity contribution < 1.29 is 14.7 Å². The lowest BCUT2D eigenvalue weighted by Gasteiger charge is -2.38. The molecule has 1 amide bonds. The Kier molecular flexibility index (Phi) is 8.07. The molecule has 0 radical (unpaired) electrons. The predicted octanol–water partition coefficient (Wildman–Crippen LogP) is 5.71. The van der Waals surface area contributed by atoms with Crippen molar-refractivity contribution in [3.05, 3.63) is 112 Å². The highest BCUT2D eigenvalue weighted by Gasteiger charge is 2.49. The number of aliphatic hydroxyl groups is 1. The molecule has 2 atom stereocenters. The Balaban J connectivity index is 1.86. The molecule has 3 aromatic carbocycles. The summed E-state index contributed by atoms with van der Waals surface area (Å²) in [5.74, 6) is -0.867. The third-order valence-electron chi connectivity index (χ3n) is 6.30. The Morgan fingerprint density at radius 2 is 1.76 bits per heavy atom. The number of amides is 1. The predicted molar refractivity (Wildman–Crippen MR) is 144 cm³/mol. The molecule has 1 aromatic heterocycles. The molecule has 2 unspecified atom stereocenters. The van der Waals surface area contributed by atoms with Gasteiger partial charge in [0.2, 0.25) is 0 Å². The average molecular weight is 537 g/mol. The second-order valence-corrected chi connectivity index (χ2v) is 9.53. The first-order chi connectivity index (χ1) is 17.8. The minimum absolute atomic E-state index is 0.223. The number of carbonyl (C=O) groups is 2. The number of aromatic nitrogens is 3. The molecule has 4 aromatic rings. The van der Waals surface area contributed by atoms with Crippen molar-refractivity contribution in [2.24, 2.45) is 0 Å². The highest BCUT2D eigenvalue weighted by molar-refractivity contribution is 6.36. The van der Waals surface area contributed by atoms with E-state index >= 15 is 0 Å². The van der Waals surface area contributed by atoms with Crippen molar-refractivity contribution in [1.29, 1.82) is 0 Å². The number of carbonyl (C=O) groups excluding carboxylic acids is 2. The van der Waals surface area contributed by atoms with Crippen LogP contribution < -0.4 is 4.90 Å². The van der Waals surface area contributed by atoms with Crippen LogP contribution in [0.1, 0.15) is 47.3 Å². The van der Waals surface area contributed by atoms with Crippen LogP contribution in [0.25, 0.3) is 0 Å². The Labute approximate surface area is 225 Å². The molecule has 0 aliphatic carbocycles. The Morgan fingerprint density at radius 3 is 2.41 bits per heavy atom. The smallest absolute Gasteiger partial charge is 0.265 e. The van der Waals surface area contributed by atoms with Crippen molar-refractivity contribution in [2.45, 2.75) is 31.4 Å². The third kappa shape index (κ3) is 5.30. The van der Waals surface area contributed by atoms with Crippen LogP contribution in [0.4, 0.5) is 5.69 Å². The van der Waals surface area contributed by atoms with Gasteiger partial charge in [-0.15, -0.1) is 0 Å². The van der Waals surface area contributed by atoms with Crippen molar-refractivity contribution in [1.82, 2.24) is 14.8 Å². The molecular weight excluding hydrogens is 511 g/mol. The molecule has 0 aliphatic rings. The summed E-state index contributed by atoms with van der Waals surface area (Å²) in [5.41, 5.74) is -0.643. The fraction of sp³-hybridized carbons (Fsp3) is 0.214. The summed E-state index contributed by atoms with van der Waals surface area (Å²) in [7, 11) is 1.53. The molecular formula is C28H26Cl2N4O3. The van der Waals surface area contributed by atoms with Gasteiger partial charge in [-0.05, 0) is 36.2 Å². The normalized spacial score (nSPS) is 13.5. The van der Waals surface area contributed by atoms with E-state index in [0.717, 1.165) is 0 Å². The second kappa shape index (κ2) is 11.3. The van der Waals surface area contributed by atoms with E-state index in [2.05, 4.69) is 10.1 Å². The lowest BCUT2D eigenvalue weighted by atomic mass is 9.81. The summed E-state index contributed by atoms with van der Waals surface area (Å²) < 4.78 is 1.48. The van der Waals surface area contributed by atoms with E-state index in [9.17, 15) is 14.7 Å². The van der Waals surface area contributed by atoms with Crippen LogP contribution in [0.2, 0.25) is 10.0 Å². The molecule has 37 heavy (non-hydrogen) atoms. The van der Waals surface area contributed by atoms with Gasteiger partial charge in [0.05, 0.1) is 16.8 Å². The first-order valence-electron chi connectivity index (χ1n) is 11.8. The van der Waals surface area contributed by atoms with Gasteiger partial charge in [0, 0.05) is 23.2 Å². The summed E-state index contributed by atoms with van der Waals surface area (Å²) >= 11 is 12.5. The topological polar surface area (TPSA) is 88.3 Å². The molecule has 0 saturated carbocycles. The molecule has 0 aliphatic heterocycles. The fourth-order valence-electron chi connectivity index (χ4n) is 4.41. The Bertz CT molecular complexity index is 1400. The van der Waals surface area contributed by atoms with Crippen LogP contribution in [-0.4, -0.2) is 38.6 Å². The molecule has 0 saturated heterocycles. The molecule has 0 fully saturated rings. The summed E-state index contributed by atoms with van der Waals surface area (Å²) in [5, 5.41) is 17.3. The number of rotatable bonds is 9. The van der Waals surface area contributed by atoms with Crippen molar-refractivity contribution >= 4 is 40.6 Å². The second-order valence-electron chi connectivity index (χ2n) is 8.68. The highest BCUT2D eigenvalue weighted by atomic mass is 35.5. The molecule has 0 spiro atoms. The van der Waals surface area contributed by atoms with E-state index in [1.807, 2.05) is 13.0 Å². The number of anilines is 1. The highest BCUT2D eigenvalue weighted by Crippen LogP contribution is 2.40. The fourth-order valence-corrected chi connectivity index (χ4v) is 4.95. The van der Waals surface area contributed by atoms with Gasteiger partial charge in [-0.2, -0.15) is 5.10 Å². The monoisotopic (exact) mass is 536 g/mol. The van der Waals surface area contributed by atoms with Crippen LogP contribution in [-0.2, 0) is 10.4 Å². The molecule has 9 heteroatoms. The summed E-state index contributed by atoms with van der Waals surface area (Å²) in [6.07, 6.45) is 3.87. The molecule has 1 N–H and O–H groups in total. The van der Waals surface area contributed by atoms with Gasteiger partial charge in [-0.25, -0.2) is 9.67 Å². The van der Waals surface area contributed by atoms with E-state index in [-0.39, 0.29) is 16.4 Å². The first-order valence-corrected chi connectivity index (χ1v) is 12.5. The molecule has 4 rings (SSSR count). The minimum atomic E-state index is -2.12. The van der Waals surface area contributed by atoms with Crippen molar-refractivity contribution in [2.75, 3.05) is 11.9 Å². The largest absolute Gasteiger partial charge is 0.374 e. The molecule has 190 valence electrons. The number of hydrogen-bond donors (Lipinski definition) is 1. The zero-order valence-electron chi connectivity index (χ0n) is 20.4. The van der Waals surface area contributed by atoms with Crippen LogP contribution in [0.3, 0.4) is 0 Å². The first kappa shape index (κ1) is 26.5. The number of halogens is 2. The van der Waals surface area contributed by atoms with Gasteiger partial charge >= 0.3 is 0 Å². The Morgan fingerprint density at radius 1 is 1.03 bits per heavy atom. The van der Waals surface area contributed by atoms with Crippen LogP contribution >= 0.6 is 23.2 Å². The van der Waals surface area contributed by atoms with E-state index < -0.39 is 17.6 Å². The minimum Gasteiger partial charge on any atom is -0.374 e. The summed E-state index contributed by atoms with van der Waals surface area (Å²) in [6.45, 7) is 1.95. The van der Waals surface area contributed by atoms with Gasteiger partial charge in [-0.3, -0.25) is 9.59 Å². The Hall–Kier alpha value is -3.52. The van der Waals surface area contributed by atoms with E-state index in [0.29, 0.717) is 34.7 Å². The van der Waals surface area contributed by atoms with Crippen LogP contribution in [0, 0.1) is 0 Å². The maximum atomic E-state index is 14.2. The van der Waals surface area contributed by atoms with E-state index in [1.165, 1.54) is 35.4 Å². The standard InChI is InChI=1S/C28H26Cl2N4O3/c1-3-8-25(34-18-31-17-32-34)28(37,27(36)33(2)24-14-13-22(29)16-23(24)30)21-12-7-11-20(15-21)26(35)19-9-5-4-6-10-19/h4-7,9-18,25,37H,3,8H2,1-2H3. The lowest BCUT2D eigenvalue weighted by molar-refractivity contribution is -0.144. The van der Waals surface area contributed by atoms with Crippen LogP contribution in [0.5, 0.6) is 0 Å². The zero-order valence-corrected chi connectivity index (χ0v) is 21.9. The molecule has 7 nitrogen and oxygen atoms in total. The van der Waals surface area contributed by atoms with Gasteiger partial charge in [0.15, 0.2) is 11.4 Å². The lowest BCUT2D eigenvalue weighted by Crippen LogP contribution is -2.51. The number of nitrogens with zero attached hydrogens (tertiary/aromatic N) is 4. The maximum absolute atomic E-state index is 14.2. The van der Waals surface area contributed by atoms with E-state index in [1.54, 1.807) is 60.7 Å². The van der Waals surface area contributed by atoms with Gasteiger partial charge in [0.1, 0.15) is 12.7 Å². The van der Waals surface area contributed by atoms with Crippen molar-refractivity contribution in [3.63, 3.8) is 0 Å². The average Bonchev–Trinajstić information content (AvgIpc) is 3.45. The third-order valence-corrected chi connectivity index (χ3v) is 6.84. The van der Waals surface area contributed by atoms with Gasteiger partial charge in [0.25, 0.3) is 5.91 Å². The summed E-state index contributed by atoms with van der Waals surface area (Å²) in [4.78, 5) is 32.7. The van der Waals surface area contributed by atoms with Crippen molar-refractivity contribution in [3.8, 4) is 0 Å². The number of benzene rings is 3. The quantitative estimate of drug-likeness (QED) is 0.277. The SMILES string of the molecule is CCCC(n1cncn1)C(O)(C(=O)N(C)c1ccc(Cl)cc1Cl)c1cccc(C(=O)c2ccccc2)c1. The molecule has 0 bridgehead atoms. The molecule has 1 heterocycles. The number of ketones is 1. The number of likely N-dealkylation sites (N-methyl/N-ethyl adjacent to an activating group) is 1. The van der Waals surface area contributed by atoms with Crippen LogP contribution in [0.15, 0.2) is 85.5 Å².